The zero-order valence-electron chi connectivity index (χ0n) is 16.6. The number of nitrogens with one attached hydrogen (secondary N) is 2. The molecule has 156 valence electrons. The number of rotatable bonds is 5. The van der Waals surface area contributed by atoms with E-state index < -0.39 is 0 Å². The normalized spacial score (nSPS) is 16.8. The van der Waals surface area contributed by atoms with Gasteiger partial charge in [-0.2, -0.15) is 0 Å². The molecule has 2 fully saturated rings. The van der Waals surface area contributed by atoms with Gasteiger partial charge in [-0.15, -0.1) is 0 Å². The lowest BCUT2D eigenvalue weighted by molar-refractivity contribution is -0.121. The van der Waals surface area contributed by atoms with Crippen LogP contribution in [0.2, 0.25) is 0 Å². The van der Waals surface area contributed by atoms with Crippen molar-refractivity contribution in [2.24, 2.45) is 5.92 Å². The Bertz CT molecular complexity index is 931. The van der Waals surface area contributed by atoms with Gasteiger partial charge in [0.05, 0.1) is 0 Å². The standard InChI is InChI=1S/C23H24BrN3O3/c24-18-5-1-17(2-6-18)23(30)27-13-11-16(12-14-27)22(29)25-19-7-3-15(4-8-19)21(28)26-20-9-10-20/h1-8,16,20H,9-14H2,(H,25,29)(H,26,28). The number of hydrogen-bond acceptors (Lipinski definition) is 3. The highest BCUT2D eigenvalue weighted by molar-refractivity contribution is 9.10. The number of carbonyl (C=O) groups is 3. The van der Waals surface area contributed by atoms with E-state index in [4.69, 9.17) is 0 Å². The van der Waals surface area contributed by atoms with Gasteiger partial charge in [0.15, 0.2) is 0 Å². The third-order valence-electron chi connectivity index (χ3n) is 5.57. The van der Waals surface area contributed by atoms with Crippen molar-refractivity contribution < 1.29 is 14.4 Å². The van der Waals surface area contributed by atoms with E-state index in [2.05, 4.69) is 26.6 Å². The molecule has 1 aliphatic carbocycles. The van der Waals surface area contributed by atoms with Gasteiger partial charge >= 0.3 is 0 Å². The second kappa shape index (κ2) is 9.00. The smallest absolute Gasteiger partial charge is 0.253 e. The molecular formula is C23H24BrN3O3. The van der Waals surface area contributed by atoms with Gasteiger partial charge in [-0.3, -0.25) is 14.4 Å². The molecule has 0 spiro atoms. The second-order valence-electron chi connectivity index (χ2n) is 7.89. The first-order chi connectivity index (χ1) is 14.5. The summed E-state index contributed by atoms with van der Waals surface area (Å²) in [6, 6.07) is 14.6. The van der Waals surface area contributed by atoms with Crippen molar-refractivity contribution in [3.8, 4) is 0 Å². The molecule has 1 heterocycles. The molecule has 1 saturated carbocycles. The van der Waals surface area contributed by atoms with Crippen molar-refractivity contribution in [1.82, 2.24) is 10.2 Å². The molecule has 2 N–H and O–H groups in total. The third-order valence-corrected chi connectivity index (χ3v) is 6.10. The molecule has 0 unspecified atom stereocenters. The quantitative estimate of drug-likeness (QED) is 0.698. The predicted octanol–water partition coefficient (Wildman–Crippen LogP) is 3.83. The highest BCUT2D eigenvalue weighted by Crippen LogP contribution is 2.23. The van der Waals surface area contributed by atoms with E-state index in [1.165, 1.54) is 0 Å². The maximum absolute atomic E-state index is 12.6. The van der Waals surface area contributed by atoms with Crippen LogP contribution in [0, 0.1) is 5.92 Å². The molecule has 3 amide bonds. The van der Waals surface area contributed by atoms with Crippen molar-refractivity contribution in [2.75, 3.05) is 18.4 Å². The van der Waals surface area contributed by atoms with E-state index in [-0.39, 0.29) is 23.6 Å². The molecule has 0 bridgehead atoms. The number of nitrogens with zero attached hydrogens (tertiary/aromatic N) is 1. The molecule has 0 atom stereocenters. The maximum atomic E-state index is 12.6. The first-order valence-corrected chi connectivity index (χ1v) is 11.1. The van der Waals surface area contributed by atoms with Crippen LogP contribution < -0.4 is 10.6 Å². The molecule has 6 nitrogen and oxygen atoms in total. The maximum Gasteiger partial charge on any atom is 0.253 e. The fraction of sp³-hybridized carbons (Fsp3) is 0.348. The summed E-state index contributed by atoms with van der Waals surface area (Å²) in [5.41, 5.74) is 1.93. The number of likely N-dealkylation sites (tertiary alicyclic amines) is 1. The van der Waals surface area contributed by atoms with Crippen molar-refractivity contribution in [3.05, 3.63) is 64.1 Å². The van der Waals surface area contributed by atoms with Crippen molar-refractivity contribution in [1.29, 1.82) is 0 Å². The molecule has 2 aliphatic rings. The summed E-state index contributed by atoms with van der Waals surface area (Å²) in [5.74, 6) is -0.239. The Kier molecular flexibility index (Phi) is 6.18. The minimum Gasteiger partial charge on any atom is -0.349 e. The summed E-state index contributed by atoms with van der Waals surface area (Å²) in [5, 5.41) is 5.88. The predicted molar refractivity (Wildman–Crippen MR) is 118 cm³/mol. The van der Waals surface area contributed by atoms with Crippen LogP contribution in [0.25, 0.3) is 0 Å². The fourth-order valence-corrected chi connectivity index (χ4v) is 3.83. The number of anilines is 1. The SMILES string of the molecule is O=C(NC1CC1)c1ccc(NC(=O)C2CCN(C(=O)c3ccc(Br)cc3)CC2)cc1. The summed E-state index contributed by atoms with van der Waals surface area (Å²) >= 11 is 3.38. The Balaban J connectivity index is 1.27. The van der Waals surface area contributed by atoms with E-state index in [9.17, 15) is 14.4 Å². The summed E-state index contributed by atoms with van der Waals surface area (Å²) in [4.78, 5) is 39.1. The number of hydrogen-bond donors (Lipinski definition) is 2. The second-order valence-corrected chi connectivity index (χ2v) is 8.80. The van der Waals surface area contributed by atoms with Crippen LogP contribution in [0.5, 0.6) is 0 Å². The Morgan fingerprint density at radius 2 is 1.43 bits per heavy atom. The van der Waals surface area contributed by atoms with Crippen LogP contribution in [-0.4, -0.2) is 41.8 Å². The molecule has 30 heavy (non-hydrogen) atoms. The minimum absolute atomic E-state index is 0.00132. The van der Waals surface area contributed by atoms with Crippen molar-refractivity contribution in [2.45, 2.75) is 31.7 Å². The molecule has 4 rings (SSSR count). The monoisotopic (exact) mass is 469 g/mol. The average molecular weight is 470 g/mol. The minimum atomic E-state index is -0.128. The lowest BCUT2D eigenvalue weighted by Gasteiger charge is -2.31. The Hall–Kier alpha value is -2.67. The van der Waals surface area contributed by atoms with Crippen LogP contribution in [0.15, 0.2) is 53.0 Å². The summed E-state index contributed by atoms with van der Waals surface area (Å²) in [6.07, 6.45) is 3.37. The number of carbonyl (C=O) groups excluding carboxylic acids is 3. The topological polar surface area (TPSA) is 78.5 Å². The van der Waals surface area contributed by atoms with Crippen LogP contribution in [0.4, 0.5) is 5.69 Å². The van der Waals surface area contributed by atoms with Gasteiger partial charge in [0.1, 0.15) is 0 Å². The number of amides is 3. The molecule has 2 aromatic carbocycles. The van der Waals surface area contributed by atoms with Crippen LogP contribution in [-0.2, 0) is 4.79 Å². The van der Waals surface area contributed by atoms with E-state index in [0.717, 1.165) is 17.3 Å². The molecule has 0 radical (unpaired) electrons. The van der Waals surface area contributed by atoms with E-state index in [1.807, 2.05) is 12.1 Å². The summed E-state index contributed by atoms with van der Waals surface area (Å²) < 4.78 is 0.936. The Morgan fingerprint density at radius 1 is 0.833 bits per heavy atom. The first kappa shape index (κ1) is 20.6. The van der Waals surface area contributed by atoms with E-state index >= 15 is 0 Å². The Morgan fingerprint density at radius 3 is 2.03 bits per heavy atom. The van der Waals surface area contributed by atoms with Crippen LogP contribution >= 0.6 is 15.9 Å². The lowest BCUT2D eigenvalue weighted by atomic mass is 9.95. The highest BCUT2D eigenvalue weighted by atomic mass is 79.9. The van der Waals surface area contributed by atoms with E-state index in [0.29, 0.717) is 48.8 Å². The summed E-state index contributed by atoms with van der Waals surface area (Å²) in [7, 11) is 0. The molecule has 7 heteroatoms. The molecule has 0 aromatic heterocycles. The molecule has 1 saturated heterocycles. The third kappa shape index (κ3) is 5.08. The molecule has 2 aromatic rings. The van der Waals surface area contributed by atoms with Gasteiger partial charge in [-0.25, -0.2) is 0 Å². The fourth-order valence-electron chi connectivity index (χ4n) is 3.57. The van der Waals surface area contributed by atoms with Gasteiger partial charge in [0.25, 0.3) is 11.8 Å². The summed E-state index contributed by atoms with van der Waals surface area (Å²) in [6.45, 7) is 1.13. The lowest BCUT2D eigenvalue weighted by Crippen LogP contribution is -2.41. The van der Waals surface area contributed by atoms with E-state index in [1.54, 1.807) is 41.3 Å². The average Bonchev–Trinajstić information content (AvgIpc) is 3.58. The van der Waals surface area contributed by atoms with Gasteiger partial charge in [0.2, 0.25) is 5.91 Å². The van der Waals surface area contributed by atoms with Gasteiger partial charge < -0.3 is 15.5 Å². The largest absolute Gasteiger partial charge is 0.349 e. The van der Waals surface area contributed by atoms with Gasteiger partial charge in [-0.1, -0.05) is 15.9 Å². The molecular weight excluding hydrogens is 446 g/mol. The highest BCUT2D eigenvalue weighted by Gasteiger charge is 2.28. The van der Waals surface area contributed by atoms with Gasteiger partial charge in [-0.05, 0) is 74.2 Å². The van der Waals surface area contributed by atoms with Crippen LogP contribution in [0.3, 0.4) is 0 Å². The number of halogens is 1. The molecule has 1 aliphatic heterocycles. The van der Waals surface area contributed by atoms with Crippen molar-refractivity contribution >= 4 is 39.3 Å². The number of piperidine rings is 1. The first-order valence-electron chi connectivity index (χ1n) is 10.3. The van der Waals surface area contributed by atoms with Crippen molar-refractivity contribution in [3.63, 3.8) is 0 Å². The van der Waals surface area contributed by atoms with Crippen LogP contribution in [0.1, 0.15) is 46.4 Å². The number of benzene rings is 2. The zero-order chi connectivity index (χ0) is 21.1. The zero-order valence-corrected chi connectivity index (χ0v) is 18.2. The van der Waals surface area contributed by atoms with Gasteiger partial charge in [0, 0.05) is 46.3 Å². The Labute approximate surface area is 184 Å².